The van der Waals surface area contributed by atoms with E-state index in [9.17, 15) is 15.2 Å². The van der Waals surface area contributed by atoms with E-state index in [1.807, 2.05) is 60.4 Å². The molecule has 4 aromatic rings. The largest absolute Gasteiger partial charge is 0.488 e. The van der Waals surface area contributed by atoms with Gasteiger partial charge in [-0.15, -0.1) is 0 Å². The Kier molecular flexibility index (Phi) is 9.41. The summed E-state index contributed by atoms with van der Waals surface area (Å²) in [7, 11) is 0. The van der Waals surface area contributed by atoms with Gasteiger partial charge >= 0.3 is 5.97 Å². The molecular formula is C38H38N2O6. The third-order valence-electron chi connectivity index (χ3n) is 8.76. The third kappa shape index (κ3) is 6.95. The molecule has 4 aromatic carbocycles. The highest BCUT2D eigenvalue weighted by atomic mass is 16.6. The number of carbonyl (C=O) groups is 1. The fourth-order valence-electron chi connectivity index (χ4n) is 6.23. The first kappa shape index (κ1) is 31.0. The first-order valence-electron chi connectivity index (χ1n) is 15.7. The highest BCUT2D eigenvalue weighted by Gasteiger charge is 2.29. The monoisotopic (exact) mass is 618 g/mol. The van der Waals surface area contributed by atoms with Crippen LogP contribution in [0.2, 0.25) is 0 Å². The molecule has 0 radical (unpaired) electrons. The lowest BCUT2D eigenvalue weighted by Crippen LogP contribution is -2.44. The third-order valence-corrected chi connectivity index (χ3v) is 8.76. The van der Waals surface area contributed by atoms with Crippen LogP contribution >= 0.6 is 0 Å². The van der Waals surface area contributed by atoms with Crippen LogP contribution in [0.15, 0.2) is 72.8 Å². The molecular weight excluding hydrogens is 580 g/mol. The second kappa shape index (κ2) is 14.0. The summed E-state index contributed by atoms with van der Waals surface area (Å²) in [5.41, 5.74) is 7.63. The van der Waals surface area contributed by atoms with E-state index in [2.05, 4.69) is 31.2 Å². The van der Waals surface area contributed by atoms with Crippen molar-refractivity contribution in [1.29, 1.82) is 5.26 Å². The normalized spacial score (nSPS) is 16.0. The lowest BCUT2D eigenvalue weighted by atomic mass is 9.96. The number of ether oxygens (including phenoxy) is 4. The highest BCUT2D eigenvalue weighted by Crippen LogP contribution is 2.37. The number of aliphatic carboxylic acids is 1. The van der Waals surface area contributed by atoms with Gasteiger partial charge in [0.1, 0.15) is 44.0 Å². The molecule has 2 heterocycles. The number of nitriles is 1. The molecule has 2 aliphatic heterocycles. The first-order valence-corrected chi connectivity index (χ1v) is 15.7. The molecule has 0 saturated carbocycles. The molecule has 0 amide bonds. The molecule has 1 fully saturated rings. The molecule has 1 N–H and O–H groups in total. The van der Waals surface area contributed by atoms with Gasteiger partial charge in [0, 0.05) is 18.2 Å². The van der Waals surface area contributed by atoms with Crippen molar-refractivity contribution in [2.24, 2.45) is 0 Å². The molecule has 0 aliphatic carbocycles. The van der Waals surface area contributed by atoms with E-state index in [4.69, 9.17) is 18.9 Å². The van der Waals surface area contributed by atoms with Gasteiger partial charge in [-0.2, -0.15) is 5.26 Å². The van der Waals surface area contributed by atoms with Crippen LogP contribution in [0.3, 0.4) is 0 Å². The van der Waals surface area contributed by atoms with Gasteiger partial charge in [-0.3, -0.25) is 9.69 Å². The van der Waals surface area contributed by atoms with Crippen LogP contribution in [0.25, 0.3) is 11.1 Å². The van der Waals surface area contributed by atoms with Crippen molar-refractivity contribution in [3.63, 3.8) is 0 Å². The van der Waals surface area contributed by atoms with Crippen molar-refractivity contribution >= 4 is 5.97 Å². The summed E-state index contributed by atoms with van der Waals surface area (Å²) in [4.78, 5) is 14.1. The lowest BCUT2D eigenvalue weighted by molar-refractivity contribution is -0.144. The maximum Gasteiger partial charge on any atom is 0.320 e. The second-order valence-electron chi connectivity index (χ2n) is 11.9. The zero-order valence-electron chi connectivity index (χ0n) is 26.3. The Morgan fingerprint density at radius 1 is 0.913 bits per heavy atom. The SMILES string of the molecule is Cc1cc(CN2CCCC[C@H]2C(=O)O)c(OCc2cccc(C#N)c2)cc1OCc1cccc(-c2ccc3c(c2)OCCO3)c1C. The molecule has 0 spiro atoms. The minimum atomic E-state index is -0.791. The van der Waals surface area contributed by atoms with Gasteiger partial charge in [0.2, 0.25) is 0 Å². The van der Waals surface area contributed by atoms with E-state index in [0.29, 0.717) is 49.8 Å². The zero-order chi connectivity index (χ0) is 32.0. The van der Waals surface area contributed by atoms with Crippen LogP contribution in [-0.4, -0.2) is 41.8 Å². The second-order valence-corrected chi connectivity index (χ2v) is 11.9. The summed E-state index contributed by atoms with van der Waals surface area (Å²) in [6.07, 6.45) is 2.51. The Morgan fingerprint density at radius 3 is 2.54 bits per heavy atom. The summed E-state index contributed by atoms with van der Waals surface area (Å²) in [6.45, 7) is 7.01. The van der Waals surface area contributed by atoms with Crippen LogP contribution in [0.4, 0.5) is 0 Å². The summed E-state index contributed by atoms with van der Waals surface area (Å²) < 4.78 is 24.3. The molecule has 8 heteroatoms. The Labute approximate surface area is 269 Å². The predicted molar refractivity (Wildman–Crippen MR) is 174 cm³/mol. The van der Waals surface area contributed by atoms with E-state index in [-0.39, 0.29) is 6.61 Å². The van der Waals surface area contributed by atoms with Gasteiger partial charge in [-0.25, -0.2) is 0 Å². The van der Waals surface area contributed by atoms with Gasteiger partial charge in [0.05, 0.1) is 11.6 Å². The van der Waals surface area contributed by atoms with E-state index >= 15 is 0 Å². The molecule has 0 aromatic heterocycles. The molecule has 2 aliphatic rings. The van der Waals surface area contributed by atoms with Gasteiger partial charge in [0.15, 0.2) is 11.5 Å². The Morgan fingerprint density at radius 2 is 1.72 bits per heavy atom. The van der Waals surface area contributed by atoms with Crippen LogP contribution < -0.4 is 18.9 Å². The molecule has 236 valence electrons. The summed E-state index contributed by atoms with van der Waals surface area (Å²) >= 11 is 0. The molecule has 0 bridgehead atoms. The maximum atomic E-state index is 12.0. The number of piperidine rings is 1. The highest BCUT2D eigenvalue weighted by molar-refractivity contribution is 5.73. The molecule has 1 saturated heterocycles. The van der Waals surface area contributed by atoms with Gasteiger partial charge in [0.25, 0.3) is 0 Å². The number of hydrogen-bond donors (Lipinski definition) is 1. The number of fused-ring (bicyclic) bond motifs is 1. The van der Waals surface area contributed by atoms with E-state index < -0.39 is 12.0 Å². The summed E-state index contributed by atoms with van der Waals surface area (Å²) in [5, 5.41) is 19.2. The van der Waals surface area contributed by atoms with Crippen LogP contribution in [0.5, 0.6) is 23.0 Å². The number of carboxylic acids is 1. The first-order chi connectivity index (χ1) is 22.4. The molecule has 6 rings (SSSR count). The van der Waals surface area contributed by atoms with Crippen LogP contribution in [-0.2, 0) is 24.6 Å². The van der Waals surface area contributed by atoms with Gasteiger partial charge in [-0.05, 0) is 96.9 Å². The average Bonchev–Trinajstić information content (AvgIpc) is 3.08. The van der Waals surface area contributed by atoms with E-state index in [0.717, 1.165) is 69.8 Å². The molecule has 8 nitrogen and oxygen atoms in total. The fraction of sp³-hybridized carbons (Fsp3) is 0.316. The topological polar surface area (TPSA) is 101 Å². The Bertz CT molecular complexity index is 1780. The van der Waals surface area contributed by atoms with Crippen molar-refractivity contribution in [3.8, 4) is 40.2 Å². The van der Waals surface area contributed by atoms with Crippen molar-refractivity contribution in [2.45, 2.75) is 58.9 Å². The number of aryl methyl sites for hydroxylation is 1. The number of benzene rings is 4. The Hall–Kier alpha value is -5.00. The lowest BCUT2D eigenvalue weighted by Gasteiger charge is -2.33. The minimum absolute atomic E-state index is 0.268. The van der Waals surface area contributed by atoms with Crippen molar-refractivity contribution in [3.05, 3.63) is 106 Å². The Balaban J connectivity index is 1.25. The van der Waals surface area contributed by atoms with Crippen molar-refractivity contribution in [2.75, 3.05) is 19.8 Å². The summed E-state index contributed by atoms with van der Waals surface area (Å²) in [6, 6.07) is 25.2. The van der Waals surface area contributed by atoms with Gasteiger partial charge in [-0.1, -0.05) is 42.8 Å². The number of hydrogen-bond acceptors (Lipinski definition) is 7. The average molecular weight is 619 g/mol. The molecule has 46 heavy (non-hydrogen) atoms. The number of rotatable bonds is 10. The number of carboxylic acid groups (broad SMARTS) is 1. The van der Waals surface area contributed by atoms with Crippen LogP contribution in [0.1, 0.15) is 52.6 Å². The minimum Gasteiger partial charge on any atom is -0.488 e. The van der Waals surface area contributed by atoms with Crippen molar-refractivity contribution in [1.82, 2.24) is 4.90 Å². The zero-order valence-corrected chi connectivity index (χ0v) is 26.3. The standard InChI is InChI=1S/C38H38N2O6/c1-25-17-31(22-40-14-4-3-11-33(40)38(41)42)36(45-23-28-8-5-7-27(18-28)21-39)20-35(25)46-24-30-9-6-10-32(26(30)2)29-12-13-34-37(19-29)44-16-15-43-34/h5-10,12-13,17-20,33H,3-4,11,14-16,22-24H2,1-2H3,(H,41,42)/t33-/m0/s1. The summed E-state index contributed by atoms with van der Waals surface area (Å²) in [5.74, 6) is 2.06. The van der Waals surface area contributed by atoms with Crippen LogP contribution in [0, 0.1) is 25.2 Å². The molecule has 0 unspecified atom stereocenters. The number of nitrogens with zero attached hydrogens (tertiary/aromatic N) is 2. The van der Waals surface area contributed by atoms with E-state index in [1.165, 1.54) is 0 Å². The van der Waals surface area contributed by atoms with E-state index in [1.54, 1.807) is 6.07 Å². The smallest absolute Gasteiger partial charge is 0.320 e. The fourth-order valence-corrected chi connectivity index (χ4v) is 6.23. The van der Waals surface area contributed by atoms with Gasteiger partial charge < -0.3 is 24.1 Å². The van der Waals surface area contributed by atoms with Crippen molar-refractivity contribution < 1.29 is 28.8 Å². The maximum absolute atomic E-state index is 12.0. The number of likely N-dealkylation sites (tertiary alicyclic amines) is 1. The predicted octanol–water partition coefficient (Wildman–Crippen LogP) is 7.21. The molecule has 1 atom stereocenters. The quantitative estimate of drug-likeness (QED) is 0.199.